The summed E-state index contributed by atoms with van der Waals surface area (Å²) in [6, 6.07) is 3.68. The van der Waals surface area contributed by atoms with Gasteiger partial charge in [0.1, 0.15) is 23.1 Å². The summed E-state index contributed by atoms with van der Waals surface area (Å²) in [6.45, 7) is 1.40. The Kier molecular flexibility index (Phi) is 3.78. The van der Waals surface area contributed by atoms with Crippen LogP contribution < -0.4 is 10.4 Å². The van der Waals surface area contributed by atoms with Crippen LogP contribution in [0.3, 0.4) is 0 Å². The highest BCUT2D eigenvalue weighted by atomic mass is 35.5. The van der Waals surface area contributed by atoms with E-state index in [1.807, 2.05) is 0 Å². The first kappa shape index (κ1) is 15.2. The normalized spacial score (nSPS) is 15.2. The van der Waals surface area contributed by atoms with Gasteiger partial charge in [0.05, 0.1) is 11.1 Å². The van der Waals surface area contributed by atoms with Gasteiger partial charge in [0.2, 0.25) is 0 Å². The predicted octanol–water partition coefficient (Wildman–Crippen LogP) is 2.83. The second-order valence-corrected chi connectivity index (χ2v) is 5.79. The number of hydrogen-bond donors (Lipinski definition) is 1. The minimum atomic E-state index is -0.712. The summed E-state index contributed by atoms with van der Waals surface area (Å²) >= 11 is 6.28. The monoisotopic (exact) mass is 350 g/mol. The van der Waals surface area contributed by atoms with Gasteiger partial charge in [-0.05, 0) is 25.0 Å². The van der Waals surface area contributed by atoms with E-state index in [2.05, 4.69) is 20.5 Å². The van der Waals surface area contributed by atoms with Gasteiger partial charge in [0.15, 0.2) is 5.82 Å². The van der Waals surface area contributed by atoms with Crippen LogP contribution >= 0.6 is 11.6 Å². The van der Waals surface area contributed by atoms with Gasteiger partial charge >= 0.3 is 0 Å². The van der Waals surface area contributed by atoms with Crippen LogP contribution in [0.2, 0.25) is 5.15 Å². The molecule has 1 fully saturated rings. The van der Waals surface area contributed by atoms with E-state index in [9.17, 15) is 8.78 Å². The standard InChI is InChI=1S/C15H13ClF2N6/c16-13-12(11-9(17)4-3-5-10(11)18)14(23-7-2-1-6-20-23)24-15(22-13)19-8-21-24/h3-5,8,20H,1-2,6-7H2. The largest absolute Gasteiger partial charge is 0.291 e. The van der Waals surface area contributed by atoms with Crippen LogP contribution in [0.1, 0.15) is 12.8 Å². The second kappa shape index (κ2) is 5.95. The number of hydrogen-bond acceptors (Lipinski definition) is 5. The van der Waals surface area contributed by atoms with Crippen LogP contribution in [0.15, 0.2) is 24.5 Å². The van der Waals surface area contributed by atoms with E-state index in [0.717, 1.165) is 19.4 Å². The molecule has 0 spiro atoms. The van der Waals surface area contributed by atoms with Crippen LogP contribution in [0.25, 0.3) is 16.9 Å². The van der Waals surface area contributed by atoms with Gasteiger partial charge in [-0.15, -0.1) is 0 Å². The Morgan fingerprint density at radius 2 is 1.92 bits per heavy atom. The van der Waals surface area contributed by atoms with Gasteiger partial charge in [0.25, 0.3) is 5.78 Å². The van der Waals surface area contributed by atoms with E-state index in [0.29, 0.717) is 12.4 Å². The Bertz CT molecular complexity index is 886. The van der Waals surface area contributed by atoms with Crippen LogP contribution in [0.4, 0.5) is 14.6 Å². The van der Waals surface area contributed by atoms with Crippen LogP contribution in [-0.4, -0.2) is 32.7 Å². The second-order valence-electron chi connectivity index (χ2n) is 5.44. The quantitative estimate of drug-likeness (QED) is 0.720. The Balaban J connectivity index is 2.05. The Morgan fingerprint density at radius 3 is 2.62 bits per heavy atom. The van der Waals surface area contributed by atoms with Crippen molar-refractivity contribution in [2.75, 3.05) is 18.1 Å². The zero-order chi connectivity index (χ0) is 16.7. The van der Waals surface area contributed by atoms with Crippen LogP contribution in [0, 0.1) is 11.6 Å². The molecule has 0 aliphatic carbocycles. The summed E-state index contributed by atoms with van der Waals surface area (Å²) in [4.78, 5) is 8.15. The van der Waals surface area contributed by atoms with Crippen molar-refractivity contribution < 1.29 is 8.78 Å². The number of rotatable bonds is 2. The summed E-state index contributed by atoms with van der Waals surface area (Å²) in [7, 11) is 0. The number of fused-ring (bicyclic) bond motifs is 1. The van der Waals surface area contributed by atoms with Crippen molar-refractivity contribution in [1.82, 2.24) is 25.0 Å². The molecule has 0 unspecified atom stereocenters. The summed E-state index contributed by atoms with van der Waals surface area (Å²) in [6.07, 6.45) is 3.27. The fourth-order valence-electron chi connectivity index (χ4n) is 2.87. The molecule has 1 aromatic carbocycles. The number of nitrogens with zero attached hydrogens (tertiary/aromatic N) is 5. The van der Waals surface area contributed by atoms with E-state index < -0.39 is 11.6 Å². The zero-order valence-electron chi connectivity index (χ0n) is 12.5. The predicted molar refractivity (Wildman–Crippen MR) is 85.7 cm³/mol. The highest BCUT2D eigenvalue weighted by Crippen LogP contribution is 2.38. The average molecular weight is 351 g/mol. The molecule has 1 aliphatic heterocycles. The Hall–Kier alpha value is -2.32. The van der Waals surface area contributed by atoms with E-state index in [4.69, 9.17) is 11.6 Å². The minimum Gasteiger partial charge on any atom is -0.291 e. The Morgan fingerprint density at radius 1 is 1.12 bits per heavy atom. The molecule has 0 atom stereocenters. The lowest BCUT2D eigenvalue weighted by molar-refractivity contribution is 0.503. The van der Waals surface area contributed by atoms with E-state index in [1.165, 1.54) is 29.0 Å². The number of nitrogens with one attached hydrogen (secondary N) is 1. The number of anilines is 1. The molecule has 2 aromatic heterocycles. The van der Waals surface area contributed by atoms with Crippen molar-refractivity contribution in [3.8, 4) is 11.1 Å². The van der Waals surface area contributed by atoms with E-state index in [1.54, 1.807) is 5.01 Å². The van der Waals surface area contributed by atoms with Gasteiger partial charge in [-0.1, -0.05) is 17.7 Å². The lowest BCUT2D eigenvalue weighted by Gasteiger charge is -2.31. The Labute approximate surface area is 141 Å². The fraction of sp³-hybridized carbons (Fsp3) is 0.267. The molecule has 3 heterocycles. The third-order valence-corrected chi connectivity index (χ3v) is 4.21. The molecule has 0 radical (unpaired) electrons. The van der Waals surface area contributed by atoms with E-state index in [-0.39, 0.29) is 22.1 Å². The maximum absolute atomic E-state index is 14.4. The lowest BCUT2D eigenvalue weighted by atomic mass is 10.1. The summed E-state index contributed by atoms with van der Waals surface area (Å²) in [5.41, 5.74) is 3.13. The molecule has 0 amide bonds. The fourth-order valence-corrected chi connectivity index (χ4v) is 3.13. The van der Waals surface area contributed by atoms with Crippen molar-refractivity contribution in [3.63, 3.8) is 0 Å². The number of benzene rings is 1. The van der Waals surface area contributed by atoms with Crippen molar-refractivity contribution in [3.05, 3.63) is 41.3 Å². The van der Waals surface area contributed by atoms with Gasteiger partial charge in [0, 0.05) is 13.1 Å². The third-order valence-electron chi connectivity index (χ3n) is 3.94. The lowest BCUT2D eigenvalue weighted by Crippen LogP contribution is -2.44. The number of aromatic nitrogens is 4. The zero-order valence-corrected chi connectivity index (χ0v) is 13.3. The highest BCUT2D eigenvalue weighted by Gasteiger charge is 2.27. The first-order valence-corrected chi connectivity index (χ1v) is 7.89. The third kappa shape index (κ3) is 2.38. The topological polar surface area (TPSA) is 58.4 Å². The average Bonchev–Trinajstić information content (AvgIpc) is 3.03. The minimum absolute atomic E-state index is 0.0260. The smallest absolute Gasteiger partial charge is 0.255 e. The van der Waals surface area contributed by atoms with Gasteiger partial charge in [-0.3, -0.25) is 5.01 Å². The molecule has 1 N–H and O–H groups in total. The van der Waals surface area contributed by atoms with Crippen molar-refractivity contribution in [2.24, 2.45) is 0 Å². The van der Waals surface area contributed by atoms with Gasteiger partial charge < -0.3 is 0 Å². The molecule has 1 saturated heterocycles. The molecule has 6 nitrogen and oxygen atoms in total. The number of halogens is 3. The first-order valence-electron chi connectivity index (χ1n) is 7.51. The van der Waals surface area contributed by atoms with Crippen molar-refractivity contribution in [2.45, 2.75) is 12.8 Å². The number of hydrazine groups is 1. The van der Waals surface area contributed by atoms with Gasteiger partial charge in [-0.2, -0.15) is 19.6 Å². The molecule has 24 heavy (non-hydrogen) atoms. The highest BCUT2D eigenvalue weighted by molar-refractivity contribution is 6.33. The molecular formula is C15H13ClF2N6. The summed E-state index contributed by atoms with van der Waals surface area (Å²) in [5.74, 6) is -0.734. The molecule has 9 heteroatoms. The molecular weight excluding hydrogens is 338 g/mol. The molecule has 4 rings (SSSR count). The van der Waals surface area contributed by atoms with Crippen LogP contribution in [0.5, 0.6) is 0 Å². The van der Waals surface area contributed by atoms with Crippen molar-refractivity contribution >= 4 is 23.2 Å². The summed E-state index contributed by atoms with van der Waals surface area (Å²) < 4.78 is 30.2. The molecule has 3 aromatic rings. The first-order chi connectivity index (χ1) is 11.7. The van der Waals surface area contributed by atoms with Crippen molar-refractivity contribution in [1.29, 1.82) is 0 Å². The maximum atomic E-state index is 14.4. The SMILES string of the molecule is Fc1cccc(F)c1-c1c(Cl)nc2ncnn2c1N1CCCCN1. The molecule has 124 valence electrons. The van der Waals surface area contributed by atoms with E-state index >= 15 is 0 Å². The summed E-state index contributed by atoms with van der Waals surface area (Å²) in [5, 5.41) is 5.90. The molecule has 0 saturated carbocycles. The molecule has 0 bridgehead atoms. The van der Waals surface area contributed by atoms with Gasteiger partial charge in [-0.25, -0.2) is 14.2 Å². The molecule has 1 aliphatic rings. The van der Waals surface area contributed by atoms with Crippen LogP contribution in [-0.2, 0) is 0 Å². The maximum Gasteiger partial charge on any atom is 0.255 e.